The third-order valence-corrected chi connectivity index (χ3v) is 8.00. The Labute approximate surface area is 200 Å². The molecule has 1 saturated carbocycles. The van der Waals surface area contributed by atoms with Gasteiger partial charge in [0.25, 0.3) is 5.91 Å². The molecule has 174 valence electrons. The second-order valence-electron chi connectivity index (χ2n) is 8.84. The monoisotopic (exact) mass is 476 g/mol. The zero-order valence-corrected chi connectivity index (χ0v) is 19.8. The van der Waals surface area contributed by atoms with Crippen molar-refractivity contribution in [1.82, 2.24) is 4.98 Å². The van der Waals surface area contributed by atoms with E-state index >= 15 is 0 Å². The van der Waals surface area contributed by atoms with Crippen LogP contribution in [0.4, 0.5) is 5.13 Å². The summed E-state index contributed by atoms with van der Waals surface area (Å²) in [4.78, 5) is 33.9. The van der Waals surface area contributed by atoms with E-state index in [2.05, 4.69) is 0 Å². The Hall–Kier alpha value is -3.39. The Morgan fingerprint density at radius 2 is 1.74 bits per heavy atom. The van der Waals surface area contributed by atoms with Crippen molar-refractivity contribution < 1.29 is 23.8 Å². The number of ketones is 1. The lowest BCUT2D eigenvalue weighted by Gasteiger charge is -2.35. The van der Waals surface area contributed by atoms with E-state index in [1.54, 1.807) is 19.1 Å². The van der Waals surface area contributed by atoms with Crippen molar-refractivity contribution in [2.45, 2.75) is 37.8 Å². The molecule has 7 nitrogen and oxygen atoms in total. The summed E-state index contributed by atoms with van der Waals surface area (Å²) < 4.78 is 17.8. The summed E-state index contributed by atoms with van der Waals surface area (Å²) in [6, 6.07) is 12.5. The molecule has 3 atom stereocenters. The molecule has 3 aliphatic rings. The SMILES string of the molecule is COc1ccc(C2C3=C(OC4CCCCC4C3=O)C(=O)N2c2nc3ccc(OC)cc3s2)cc1. The number of fused-ring (bicyclic) bond motifs is 2. The van der Waals surface area contributed by atoms with Gasteiger partial charge in [0.1, 0.15) is 17.6 Å². The lowest BCUT2D eigenvalue weighted by atomic mass is 9.77. The van der Waals surface area contributed by atoms with E-state index in [4.69, 9.17) is 19.2 Å². The molecule has 1 aliphatic carbocycles. The highest BCUT2D eigenvalue weighted by Gasteiger charge is 2.53. The van der Waals surface area contributed by atoms with Gasteiger partial charge < -0.3 is 14.2 Å². The van der Waals surface area contributed by atoms with Crippen molar-refractivity contribution in [2.24, 2.45) is 5.92 Å². The maximum atomic E-state index is 13.8. The third kappa shape index (κ3) is 3.20. The fraction of sp³-hybridized carbons (Fsp3) is 0.346. The van der Waals surface area contributed by atoms with Gasteiger partial charge in [-0.15, -0.1) is 0 Å². The van der Waals surface area contributed by atoms with E-state index in [-0.39, 0.29) is 29.5 Å². The zero-order valence-electron chi connectivity index (χ0n) is 18.9. The van der Waals surface area contributed by atoms with Gasteiger partial charge in [0.2, 0.25) is 0 Å². The van der Waals surface area contributed by atoms with Crippen LogP contribution in [0, 0.1) is 5.92 Å². The predicted octanol–water partition coefficient (Wildman–Crippen LogP) is 4.81. The first-order valence-electron chi connectivity index (χ1n) is 11.5. The number of benzene rings is 2. The number of Topliss-reactive ketones (excluding diaryl/α,β-unsaturated/α-hetero) is 1. The van der Waals surface area contributed by atoms with E-state index in [9.17, 15) is 9.59 Å². The number of carbonyl (C=O) groups is 2. The molecule has 1 aromatic heterocycles. The number of hydrogen-bond donors (Lipinski definition) is 0. The predicted molar refractivity (Wildman–Crippen MR) is 128 cm³/mol. The van der Waals surface area contributed by atoms with Crippen molar-refractivity contribution in [3.8, 4) is 11.5 Å². The Morgan fingerprint density at radius 1 is 1.00 bits per heavy atom. The van der Waals surface area contributed by atoms with E-state index in [1.165, 1.54) is 11.3 Å². The maximum absolute atomic E-state index is 13.8. The molecule has 3 unspecified atom stereocenters. The van der Waals surface area contributed by atoms with Crippen LogP contribution in [-0.2, 0) is 14.3 Å². The highest BCUT2D eigenvalue weighted by molar-refractivity contribution is 7.22. The Morgan fingerprint density at radius 3 is 2.50 bits per heavy atom. The summed E-state index contributed by atoms with van der Waals surface area (Å²) in [6.45, 7) is 0. The lowest BCUT2D eigenvalue weighted by Crippen LogP contribution is -2.39. The molecule has 3 aromatic rings. The number of thiazole rings is 1. The molecule has 6 rings (SSSR count). The fourth-order valence-corrected chi connectivity index (χ4v) is 6.29. The Balaban J connectivity index is 1.49. The van der Waals surface area contributed by atoms with E-state index in [0.29, 0.717) is 16.5 Å². The topological polar surface area (TPSA) is 78.0 Å². The Bertz CT molecular complexity index is 1330. The average Bonchev–Trinajstić information content (AvgIpc) is 3.42. The molecule has 2 aliphatic heterocycles. The fourth-order valence-electron chi connectivity index (χ4n) is 5.27. The summed E-state index contributed by atoms with van der Waals surface area (Å²) in [7, 11) is 3.23. The van der Waals surface area contributed by atoms with Gasteiger partial charge in [-0.3, -0.25) is 14.5 Å². The van der Waals surface area contributed by atoms with Crippen LogP contribution >= 0.6 is 11.3 Å². The number of amides is 1. The molecule has 0 bridgehead atoms. The maximum Gasteiger partial charge on any atom is 0.296 e. The van der Waals surface area contributed by atoms with Gasteiger partial charge in [-0.05, 0) is 55.2 Å². The first kappa shape index (κ1) is 21.2. The van der Waals surface area contributed by atoms with Crippen LogP contribution in [-0.4, -0.2) is 37.0 Å². The quantitative estimate of drug-likeness (QED) is 0.538. The normalized spacial score (nSPS) is 24.2. The molecule has 8 heteroatoms. The summed E-state index contributed by atoms with van der Waals surface area (Å²) in [5.74, 6) is 1.15. The number of anilines is 1. The second kappa shape index (κ2) is 8.13. The minimum atomic E-state index is -0.591. The van der Waals surface area contributed by atoms with Gasteiger partial charge in [-0.25, -0.2) is 4.98 Å². The van der Waals surface area contributed by atoms with Gasteiger partial charge in [0, 0.05) is 0 Å². The number of aromatic nitrogens is 1. The summed E-state index contributed by atoms with van der Waals surface area (Å²) >= 11 is 1.40. The van der Waals surface area contributed by atoms with Gasteiger partial charge in [-0.1, -0.05) is 29.9 Å². The third-order valence-electron chi connectivity index (χ3n) is 6.99. The van der Waals surface area contributed by atoms with Crippen LogP contribution in [0.1, 0.15) is 37.3 Å². The minimum absolute atomic E-state index is 0.0328. The number of methoxy groups -OCH3 is 2. The standard InChI is InChI=1S/C26H24N2O5S/c1-31-15-9-7-14(8-10-15)22-21-23(29)17-5-3-4-6-19(17)33-24(21)25(30)28(22)26-27-18-12-11-16(32-2)13-20(18)34-26/h7-13,17,19,22H,3-6H2,1-2H3. The van der Waals surface area contributed by atoms with Gasteiger partial charge in [-0.2, -0.15) is 0 Å². The van der Waals surface area contributed by atoms with Crippen molar-refractivity contribution in [3.63, 3.8) is 0 Å². The van der Waals surface area contributed by atoms with E-state index in [0.717, 1.165) is 47.2 Å². The molecule has 0 radical (unpaired) electrons. The van der Waals surface area contributed by atoms with Gasteiger partial charge in [0.05, 0.1) is 42.0 Å². The largest absolute Gasteiger partial charge is 0.497 e. The molecular formula is C26H24N2O5S. The lowest BCUT2D eigenvalue weighted by molar-refractivity contribution is -0.131. The number of carbonyl (C=O) groups excluding carboxylic acids is 2. The highest BCUT2D eigenvalue weighted by Crippen LogP contribution is 2.49. The van der Waals surface area contributed by atoms with Gasteiger partial charge in [0.15, 0.2) is 16.7 Å². The summed E-state index contributed by atoms with van der Waals surface area (Å²) in [5.41, 5.74) is 2.05. The minimum Gasteiger partial charge on any atom is -0.497 e. The molecule has 2 aromatic carbocycles. The van der Waals surface area contributed by atoms with Crippen LogP contribution in [0.25, 0.3) is 10.2 Å². The Kier molecular flexibility index (Phi) is 5.06. The number of hydrogen-bond acceptors (Lipinski definition) is 7. The van der Waals surface area contributed by atoms with Crippen LogP contribution in [0.15, 0.2) is 53.8 Å². The van der Waals surface area contributed by atoms with Gasteiger partial charge >= 0.3 is 0 Å². The highest BCUT2D eigenvalue weighted by atomic mass is 32.1. The zero-order chi connectivity index (χ0) is 23.4. The van der Waals surface area contributed by atoms with Crippen molar-refractivity contribution in [3.05, 3.63) is 59.4 Å². The van der Waals surface area contributed by atoms with Crippen molar-refractivity contribution in [2.75, 3.05) is 19.1 Å². The van der Waals surface area contributed by atoms with E-state index in [1.807, 2.05) is 42.5 Å². The van der Waals surface area contributed by atoms with Crippen LogP contribution in [0.2, 0.25) is 0 Å². The molecule has 3 heterocycles. The van der Waals surface area contributed by atoms with Crippen LogP contribution in [0.5, 0.6) is 11.5 Å². The molecular weight excluding hydrogens is 452 g/mol. The molecule has 1 amide bonds. The second-order valence-corrected chi connectivity index (χ2v) is 9.84. The first-order chi connectivity index (χ1) is 16.6. The molecule has 0 spiro atoms. The smallest absolute Gasteiger partial charge is 0.296 e. The van der Waals surface area contributed by atoms with Crippen molar-refractivity contribution >= 4 is 38.4 Å². The first-order valence-corrected chi connectivity index (χ1v) is 12.3. The van der Waals surface area contributed by atoms with E-state index < -0.39 is 6.04 Å². The van der Waals surface area contributed by atoms with Crippen LogP contribution in [0.3, 0.4) is 0 Å². The molecule has 1 fully saturated rings. The summed E-state index contributed by atoms with van der Waals surface area (Å²) in [5, 5.41) is 0.530. The van der Waals surface area contributed by atoms with Crippen molar-refractivity contribution in [1.29, 1.82) is 0 Å². The molecule has 0 N–H and O–H groups in total. The number of ether oxygens (including phenoxy) is 3. The average molecular weight is 477 g/mol. The summed E-state index contributed by atoms with van der Waals surface area (Å²) in [6.07, 6.45) is 3.39. The van der Waals surface area contributed by atoms with Crippen LogP contribution < -0.4 is 14.4 Å². The molecule has 0 saturated heterocycles. The molecule has 34 heavy (non-hydrogen) atoms. The number of nitrogens with zero attached hydrogens (tertiary/aromatic N) is 2. The number of rotatable bonds is 4.